The highest BCUT2D eigenvalue weighted by molar-refractivity contribution is 6.08. The summed E-state index contributed by atoms with van der Waals surface area (Å²) in [4.78, 5) is 29.1. The number of methoxy groups -OCH3 is 1. The molecule has 0 saturated carbocycles. The minimum Gasteiger partial charge on any atom is -0.497 e. The Morgan fingerprint density at radius 3 is 2.67 bits per heavy atom. The number of hydrogen-bond acceptors (Lipinski definition) is 3. The molecule has 1 spiro atoms. The van der Waals surface area contributed by atoms with E-state index < -0.39 is 5.41 Å². The average molecular weight is 365 g/mol. The van der Waals surface area contributed by atoms with E-state index in [9.17, 15) is 9.59 Å². The zero-order valence-electron chi connectivity index (χ0n) is 15.6. The molecule has 3 amide bonds. The molecular formula is C21H23N3O3. The normalized spacial score (nSPS) is 20.9. The quantitative estimate of drug-likeness (QED) is 0.909. The number of fused-ring (bicyclic) bond motifs is 2. The second-order valence-electron chi connectivity index (χ2n) is 7.14. The van der Waals surface area contributed by atoms with E-state index in [1.165, 1.54) is 0 Å². The Bertz CT molecular complexity index is 880. The number of likely N-dealkylation sites (N-methyl/N-ethyl adjacent to an activating group) is 1. The molecule has 0 bridgehead atoms. The first kappa shape index (κ1) is 17.4. The highest BCUT2D eigenvalue weighted by Crippen LogP contribution is 2.46. The van der Waals surface area contributed by atoms with Gasteiger partial charge in [0.25, 0.3) is 0 Å². The summed E-state index contributed by atoms with van der Waals surface area (Å²) in [6, 6.07) is 15.3. The van der Waals surface area contributed by atoms with Gasteiger partial charge < -0.3 is 19.9 Å². The van der Waals surface area contributed by atoms with Crippen molar-refractivity contribution in [2.24, 2.45) is 0 Å². The van der Waals surface area contributed by atoms with Crippen molar-refractivity contribution in [1.29, 1.82) is 0 Å². The lowest BCUT2D eigenvalue weighted by Crippen LogP contribution is -2.44. The predicted octanol–water partition coefficient (Wildman–Crippen LogP) is 2.52. The summed E-state index contributed by atoms with van der Waals surface area (Å²) in [5, 5.41) is 2.96. The number of ether oxygens (including phenoxy) is 1. The van der Waals surface area contributed by atoms with Crippen LogP contribution >= 0.6 is 0 Å². The predicted molar refractivity (Wildman–Crippen MR) is 103 cm³/mol. The summed E-state index contributed by atoms with van der Waals surface area (Å²) in [5.41, 5.74) is 2.37. The van der Waals surface area contributed by atoms with Gasteiger partial charge in [0.15, 0.2) is 0 Å². The molecule has 6 heteroatoms. The number of anilines is 1. The van der Waals surface area contributed by atoms with Crippen molar-refractivity contribution < 1.29 is 14.3 Å². The average Bonchev–Trinajstić information content (AvgIpc) is 3.25. The molecule has 140 valence electrons. The van der Waals surface area contributed by atoms with Gasteiger partial charge >= 0.3 is 6.03 Å². The fraction of sp³-hybridized carbons (Fsp3) is 0.333. The number of carbonyl (C=O) groups is 2. The van der Waals surface area contributed by atoms with Gasteiger partial charge in [-0.1, -0.05) is 30.3 Å². The molecule has 6 nitrogen and oxygen atoms in total. The van der Waals surface area contributed by atoms with Crippen molar-refractivity contribution in [2.75, 3.05) is 32.1 Å². The number of nitrogens with one attached hydrogen (secondary N) is 1. The van der Waals surface area contributed by atoms with E-state index in [-0.39, 0.29) is 11.9 Å². The van der Waals surface area contributed by atoms with Crippen LogP contribution in [0.1, 0.15) is 17.5 Å². The van der Waals surface area contributed by atoms with Crippen LogP contribution in [0.3, 0.4) is 0 Å². The summed E-state index contributed by atoms with van der Waals surface area (Å²) in [5.74, 6) is 0.864. The van der Waals surface area contributed by atoms with E-state index in [0.717, 1.165) is 22.6 Å². The van der Waals surface area contributed by atoms with Gasteiger partial charge in [0.1, 0.15) is 5.75 Å². The zero-order chi connectivity index (χ0) is 19.0. The van der Waals surface area contributed by atoms with Gasteiger partial charge in [-0.3, -0.25) is 4.79 Å². The van der Waals surface area contributed by atoms with Crippen LogP contribution < -0.4 is 15.0 Å². The van der Waals surface area contributed by atoms with Crippen LogP contribution in [0.25, 0.3) is 0 Å². The van der Waals surface area contributed by atoms with Gasteiger partial charge in [-0.25, -0.2) is 4.79 Å². The molecule has 0 radical (unpaired) electrons. The number of para-hydroxylation sites is 1. The number of urea groups is 1. The molecule has 27 heavy (non-hydrogen) atoms. The Labute approximate surface area is 158 Å². The third-order valence-corrected chi connectivity index (χ3v) is 5.65. The maximum Gasteiger partial charge on any atom is 0.317 e. The van der Waals surface area contributed by atoms with Crippen LogP contribution in [0.5, 0.6) is 5.75 Å². The fourth-order valence-electron chi connectivity index (χ4n) is 4.13. The SMILES string of the molecule is COc1ccc(CNC(=O)N2CC[C@@]3(C2)C(=O)N(C)c2ccccc23)cc1. The topological polar surface area (TPSA) is 61.9 Å². The van der Waals surface area contributed by atoms with Crippen molar-refractivity contribution in [3.63, 3.8) is 0 Å². The Kier molecular flexibility index (Phi) is 4.26. The van der Waals surface area contributed by atoms with Gasteiger partial charge in [0.05, 0.1) is 12.5 Å². The number of nitrogens with zero attached hydrogens (tertiary/aromatic N) is 2. The molecule has 0 aliphatic carbocycles. The molecule has 1 N–H and O–H groups in total. The van der Waals surface area contributed by atoms with Gasteiger partial charge in [0.2, 0.25) is 5.91 Å². The molecule has 0 unspecified atom stereocenters. The van der Waals surface area contributed by atoms with Crippen LogP contribution in [0.15, 0.2) is 48.5 Å². The highest BCUT2D eigenvalue weighted by atomic mass is 16.5. The Balaban J connectivity index is 1.45. The molecule has 2 heterocycles. The number of carbonyl (C=O) groups excluding carboxylic acids is 2. The number of rotatable bonds is 3. The lowest BCUT2D eigenvalue weighted by Gasteiger charge is -2.23. The molecule has 2 aromatic rings. The fourth-order valence-corrected chi connectivity index (χ4v) is 4.13. The van der Waals surface area contributed by atoms with Gasteiger partial charge in [-0.05, 0) is 35.7 Å². The molecule has 1 atom stereocenters. The van der Waals surface area contributed by atoms with Gasteiger partial charge in [-0.15, -0.1) is 0 Å². The first-order valence-corrected chi connectivity index (χ1v) is 9.08. The van der Waals surface area contributed by atoms with Crippen molar-refractivity contribution in [2.45, 2.75) is 18.4 Å². The van der Waals surface area contributed by atoms with E-state index in [4.69, 9.17) is 4.74 Å². The lowest BCUT2D eigenvalue weighted by molar-refractivity contribution is -0.122. The van der Waals surface area contributed by atoms with Crippen LogP contribution in [-0.2, 0) is 16.8 Å². The van der Waals surface area contributed by atoms with Crippen molar-refractivity contribution in [1.82, 2.24) is 10.2 Å². The minimum absolute atomic E-state index is 0.0779. The van der Waals surface area contributed by atoms with Crippen molar-refractivity contribution in [3.05, 3.63) is 59.7 Å². The molecule has 2 aliphatic heterocycles. The third kappa shape index (κ3) is 2.81. The Hall–Kier alpha value is -3.02. The van der Waals surface area contributed by atoms with Gasteiger partial charge in [-0.2, -0.15) is 0 Å². The van der Waals surface area contributed by atoms with E-state index >= 15 is 0 Å². The molecule has 2 aromatic carbocycles. The Morgan fingerprint density at radius 1 is 1.19 bits per heavy atom. The third-order valence-electron chi connectivity index (χ3n) is 5.65. The molecule has 1 fully saturated rings. The summed E-state index contributed by atoms with van der Waals surface area (Å²) in [6.45, 7) is 1.43. The first-order valence-electron chi connectivity index (χ1n) is 9.08. The number of likely N-dealkylation sites (tertiary alicyclic amines) is 1. The number of benzene rings is 2. The van der Waals surface area contributed by atoms with E-state index in [0.29, 0.717) is 26.1 Å². The van der Waals surface area contributed by atoms with Crippen molar-refractivity contribution >= 4 is 17.6 Å². The second-order valence-corrected chi connectivity index (χ2v) is 7.14. The van der Waals surface area contributed by atoms with Crippen molar-refractivity contribution in [3.8, 4) is 5.75 Å². The zero-order valence-corrected chi connectivity index (χ0v) is 15.6. The first-order chi connectivity index (χ1) is 13.0. The molecule has 1 saturated heterocycles. The van der Waals surface area contributed by atoms with Gasteiger partial charge in [0, 0.05) is 32.4 Å². The number of amides is 3. The minimum atomic E-state index is -0.608. The monoisotopic (exact) mass is 365 g/mol. The summed E-state index contributed by atoms with van der Waals surface area (Å²) < 4.78 is 5.15. The van der Waals surface area contributed by atoms with E-state index in [2.05, 4.69) is 5.32 Å². The number of hydrogen-bond donors (Lipinski definition) is 1. The molecular weight excluding hydrogens is 342 g/mol. The second kappa shape index (κ2) is 6.61. The van der Waals surface area contributed by atoms with Crippen LogP contribution in [0.4, 0.5) is 10.5 Å². The van der Waals surface area contributed by atoms with Crippen LogP contribution in [0.2, 0.25) is 0 Å². The molecule has 0 aromatic heterocycles. The Morgan fingerprint density at radius 2 is 1.93 bits per heavy atom. The lowest BCUT2D eigenvalue weighted by atomic mass is 9.81. The van der Waals surface area contributed by atoms with Crippen LogP contribution in [-0.4, -0.2) is 44.1 Å². The maximum atomic E-state index is 12.9. The van der Waals surface area contributed by atoms with E-state index in [1.807, 2.05) is 55.6 Å². The highest BCUT2D eigenvalue weighted by Gasteiger charge is 2.54. The molecule has 2 aliphatic rings. The summed E-state index contributed by atoms with van der Waals surface area (Å²) in [6.07, 6.45) is 0.656. The largest absolute Gasteiger partial charge is 0.497 e. The van der Waals surface area contributed by atoms with Crippen LogP contribution in [0, 0.1) is 0 Å². The van der Waals surface area contributed by atoms with E-state index in [1.54, 1.807) is 16.9 Å². The summed E-state index contributed by atoms with van der Waals surface area (Å²) in [7, 11) is 3.43. The standard InChI is InChI=1S/C21H23N3O3/c1-23-18-6-4-3-5-17(18)21(19(23)25)11-12-24(14-21)20(26)22-13-15-7-9-16(27-2)10-8-15/h3-10H,11-14H2,1-2H3,(H,22,26)/t21-/m0/s1. The summed E-state index contributed by atoms with van der Waals surface area (Å²) >= 11 is 0. The molecule has 4 rings (SSSR count). The smallest absolute Gasteiger partial charge is 0.317 e. The maximum absolute atomic E-state index is 12.9.